The van der Waals surface area contributed by atoms with Crippen LogP contribution in [0.25, 0.3) is 0 Å². The van der Waals surface area contributed by atoms with Gasteiger partial charge in [-0.2, -0.15) is 0 Å². The molecule has 1 radical (unpaired) electrons. The zero-order valence-corrected chi connectivity index (χ0v) is 9.12. The van der Waals surface area contributed by atoms with Crippen LogP contribution in [0.3, 0.4) is 0 Å². The molecular weight excluding hydrogens is 154 g/mol. The Hall–Kier alpha value is -0.313. The first kappa shape index (κ1) is 10.7. The molecule has 0 heterocycles. The first-order valence-corrected chi connectivity index (χ1v) is 6.41. The van der Waals surface area contributed by atoms with Crippen LogP contribution in [0.5, 0.6) is 0 Å². The molecule has 0 aromatic carbocycles. The minimum atomic E-state index is -0.784. The molecule has 11 heavy (non-hydrogen) atoms. The van der Waals surface area contributed by atoms with Crippen molar-refractivity contribution in [1.29, 1.82) is 0 Å². The fourth-order valence-electron chi connectivity index (χ4n) is 0.522. The molecule has 0 rings (SSSR count). The molecule has 0 aromatic heterocycles. The van der Waals surface area contributed by atoms with Gasteiger partial charge in [-0.3, -0.25) is 4.79 Å². The molecule has 1 N–H and O–H groups in total. The molecule has 0 unspecified atom stereocenters. The Morgan fingerprint density at radius 2 is 1.82 bits per heavy atom. The highest BCUT2D eigenvalue weighted by atomic mass is 28.3. The largest absolute Gasteiger partial charge is 0.360 e. The third kappa shape index (κ3) is 6.10. The van der Waals surface area contributed by atoms with Gasteiger partial charge in [0.05, 0.1) is 0 Å². The molecule has 2 nitrogen and oxygen atoms in total. The van der Waals surface area contributed by atoms with E-state index in [1.54, 1.807) is 0 Å². The lowest BCUT2D eigenvalue weighted by Gasteiger charge is -2.19. The van der Waals surface area contributed by atoms with Gasteiger partial charge in [0.2, 0.25) is 0 Å². The number of carbonyl (C=O) groups is 1. The lowest BCUT2D eigenvalue weighted by atomic mass is 9.97. The van der Waals surface area contributed by atoms with Crippen LogP contribution in [0.4, 0.5) is 4.79 Å². The van der Waals surface area contributed by atoms with E-state index in [-0.39, 0.29) is 10.9 Å². The van der Waals surface area contributed by atoms with Crippen molar-refractivity contribution in [3.63, 3.8) is 0 Å². The van der Waals surface area contributed by atoms with E-state index in [0.29, 0.717) is 0 Å². The fourth-order valence-corrected chi connectivity index (χ4v) is 0.964. The standard InChI is InChI=1S/C8H18NOSi/c1-8(2,3)6-9-7(10)11(4)5/h6H2,1-5H3,(H,9,10). The lowest BCUT2D eigenvalue weighted by Crippen LogP contribution is -2.37. The van der Waals surface area contributed by atoms with Crippen LogP contribution in [0, 0.1) is 5.41 Å². The number of nitrogens with one attached hydrogen (secondary N) is 1. The third-order valence-corrected chi connectivity index (χ3v) is 2.32. The minimum Gasteiger partial charge on any atom is -0.360 e. The van der Waals surface area contributed by atoms with Crippen molar-refractivity contribution >= 4 is 14.3 Å². The number of hydrogen-bond acceptors (Lipinski definition) is 1. The van der Waals surface area contributed by atoms with Crippen molar-refractivity contribution in [2.24, 2.45) is 5.41 Å². The Morgan fingerprint density at radius 3 is 2.09 bits per heavy atom. The Bertz CT molecular complexity index is 138. The Morgan fingerprint density at radius 1 is 1.36 bits per heavy atom. The Kier molecular flexibility index (Phi) is 3.79. The van der Waals surface area contributed by atoms with Crippen molar-refractivity contribution in [2.45, 2.75) is 33.9 Å². The summed E-state index contributed by atoms with van der Waals surface area (Å²) < 4.78 is 0. The summed E-state index contributed by atoms with van der Waals surface area (Å²) in [6.45, 7) is 11.1. The lowest BCUT2D eigenvalue weighted by molar-refractivity contribution is 0.253. The summed E-state index contributed by atoms with van der Waals surface area (Å²) in [4.78, 5) is 11.1. The van der Waals surface area contributed by atoms with E-state index < -0.39 is 8.80 Å². The fraction of sp³-hybridized carbons (Fsp3) is 0.875. The molecule has 1 amide bonds. The van der Waals surface area contributed by atoms with Crippen LogP contribution in [0.1, 0.15) is 20.8 Å². The average Bonchev–Trinajstić information content (AvgIpc) is 1.80. The van der Waals surface area contributed by atoms with Gasteiger partial charge in [0.25, 0.3) is 0 Å². The maximum Gasteiger partial charge on any atom is 0.189 e. The number of amides is 1. The Balaban J connectivity index is 3.64. The van der Waals surface area contributed by atoms with Crippen LogP contribution in [0.2, 0.25) is 13.1 Å². The molecule has 0 atom stereocenters. The maximum atomic E-state index is 11.1. The number of carbonyl (C=O) groups excluding carboxylic acids is 1. The molecule has 0 aliphatic rings. The van der Waals surface area contributed by atoms with Crippen molar-refractivity contribution in [2.75, 3.05) is 6.54 Å². The van der Waals surface area contributed by atoms with Gasteiger partial charge in [-0.25, -0.2) is 0 Å². The second kappa shape index (κ2) is 3.90. The molecule has 0 bridgehead atoms. The van der Waals surface area contributed by atoms with Gasteiger partial charge < -0.3 is 5.32 Å². The van der Waals surface area contributed by atoms with E-state index in [1.165, 1.54) is 0 Å². The van der Waals surface area contributed by atoms with Gasteiger partial charge in [-0.1, -0.05) is 33.9 Å². The highest BCUT2D eigenvalue weighted by Gasteiger charge is 2.13. The predicted octanol–water partition coefficient (Wildman–Crippen LogP) is 2.08. The van der Waals surface area contributed by atoms with Crippen LogP contribution < -0.4 is 5.32 Å². The summed E-state index contributed by atoms with van der Waals surface area (Å²) in [7, 11) is -0.784. The van der Waals surface area contributed by atoms with Gasteiger partial charge in [0, 0.05) is 6.54 Å². The van der Waals surface area contributed by atoms with E-state index in [0.717, 1.165) is 6.54 Å². The highest BCUT2D eigenvalue weighted by molar-refractivity contribution is 6.87. The van der Waals surface area contributed by atoms with Crippen LogP contribution >= 0.6 is 0 Å². The SMILES string of the molecule is C[Si](C)C(=O)NCC(C)(C)C. The van der Waals surface area contributed by atoms with Gasteiger partial charge in [0.15, 0.2) is 14.3 Å². The topological polar surface area (TPSA) is 29.1 Å². The quantitative estimate of drug-likeness (QED) is 0.635. The van der Waals surface area contributed by atoms with Crippen molar-refractivity contribution in [3.8, 4) is 0 Å². The average molecular weight is 172 g/mol. The molecular formula is C8H18NOSi. The van der Waals surface area contributed by atoms with E-state index in [2.05, 4.69) is 26.1 Å². The molecule has 0 saturated heterocycles. The zero-order valence-electron chi connectivity index (χ0n) is 8.12. The summed E-state index contributed by atoms with van der Waals surface area (Å²) in [5.74, 6) is 0. The van der Waals surface area contributed by atoms with Crippen LogP contribution in [-0.2, 0) is 0 Å². The molecule has 0 aromatic rings. The minimum absolute atomic E-state index is 0.201. The first-order valence-electron chi connectivity index (χ1n) is 3.91. The third-order valence-electron chi connectivity index (χ3n) is 1.23. The maximum absolute atomic E-state index is 11.1. The summed E-state index contributed by atoms with van der Waals surface area (Å²) in [6.07, 6.45) is 0. The summed E-state index contributed by atoms with van der Waals surface area (Å²) >= 11 is 0. The van der Waals surface area contributed by atoms with Gasteiger partial charge in [-0.05, 0) is 5.41 Å². The molecule has 0 spiro atoms. The van der Waals surface area contributed by atoms with Crippen molar-refractivity contribution in [3.05, 3.63) is 0 Å². The number of rotatable bonds is 2. The van der Waals surface area contributed by atoms with E-state index in [1.807, 2.05) is 13.1 Å². The summed E-state index contributed by atoms with van der Waals surface area (Å²) in [5, 5.41) is 2.93. The van der Waals surface area contributed by atoms with Crippen LogP contribution in [-0.4, -0.2) is 20.9 Å². The molecule has 3 heteroatoms. The second-order valence-electron chi connectivity index (χ2n) is 4.24. The molecule has 0 fully saturated rings. The summed E-state index contributed by atoms with van der Waals surface area (Å²) in [5.41, 5.74) is 0.442. The second-order valence-corrected chi connectivity index (χ2v) is 6.70. The van der Waals surface area contributed by atoms with Crippen LogP contribution in [0.15, 0.2) is 0 Å². The Labute approximate surface area is 71.0 Å². The monoisotopic (exact) mass is 172 g/mol. The molecule has 0 aliphatic heterocycles. The molecule has 65 valence electrons. The molecule has 0 saturated carbocycles. The van der Waals surface area contributed by atoms with Gasteiger partial charge >= 0.3 is 0 Å². The zero-order chi connectivity index (χ0) is 9.07. The highest BCUT2D eigenvalue weighted by Crippen LogP contribution is 2.10. The smallest absolute Gasteiger partial charge is 0.189 e. The van der Waals surface area contributed by atoms with E-state index in [9.17, 15) is 4.79 Å². The molecule has 0 aliphatic carbocycles. The van der Waals surface area contributed by atoms with Crippen molar-refractivity contribution < 1.29 is 4.79 Å². The van der Waals surface area contributed by atoms with E-state index >= 15 is 0 Å². The number of hydrogen-bond donors (Lipinski definition) is 1. The van der Waals surface area contributed by atoms with Gasteiger partial charge in [-0.15, -0.1) is 0 Å². The van der Waals surface area contributed by atoms with Crippen molar-refractivity contribution in [1.82, 2.24) is 5.32 Å². The van der Waals surface area contributed by atoms with Gasteiger partial charge in [0.1, 0.15) is 0 Å². The first-order chi connectivity index (χ1) is 4.83. The normalized spacial score (nSPS) is 11.8. The summed E-state index contributed by atoms with van der Waals surface area (Å²) in [6, 6.07) is 0. The predicted molar refractivity (Wildman–Crippen MR) is 50.3 cm³/mol. The van der Waals surface area contributed by atoms with E-state index in [4.69, 9.17) is 0 Å².